The summed E-state index contributed by atoms with van der Waals surface area (Å²) in [6.45, 7) is 3.83. The van der Waals surface area contributed by atoms with E-state index in [1.807, 2.05) is 25.1 Å². The van der Waals surface area contributed by atoms with Crippen molar-refractivity contribution in [3.05, 3.63) is 42.0 Å². The van der Waals surface area contributed by atoms with Crippen molar-refractivity contribution < 1.29 is 22.7 Å². The average molecular weight is 486 g/mol. The van der Waals surface area contributed by atoms with E-state index in [9.17, 15) is 13.2 Å². The molecular weight excluding hydrogens is 458 g/mol. The van der Waals surface area contributed by atoms with Gasteiger partial charge in [0, 0.05) is 26.2 Å². The number of fused-ring (bicyclic) bond motifs is 2. The van der Waals surface area contributed by atoms with Crippen LogP contribution in [0.15, 0.2) is 41.3 Å². The van der Waals surface area contributed by atoms with E-state index in [1.54, 1.807) is 22.9 Å². The van der Waals surface area contributed by atoms with Crippen molar-refractivity contribution in [2.24, 2.45) is 5.92 Å². The molecule has 1 atom stereocenters. The number of sulfonamides is 1. The van der Waals surface area contributed by atoms with Gasteiger partial charge in [0.1, 0.15) is 5.52 Å². The van der Waals surface area contributed by atoms with Crippen LogP contribution in [0.2, 0.25) is 0 Å². The summed E-state index contributed by atoms with van der Waals surface area (Å²) >= 11 is 0. The van der Waals surface area contributed by atoms with E-state index in [-0.39, 0.29) is 24.1 Å². The van der Waals surface area contributed by atoms with Gasteiger partial charge in [0.2, 0.25) is 22.7 Å². The Kier molecular flexibility index (Phi) is 6.13. The highest BCUT2D eigenvalue weighted by Crippen LogP contribution is 2.32. The second kappa shape index (κ2) is 9.22. The zero-order valence-electron chi connectivity index (χ0n) is 18.9. The second-order valence-corrected chi connectivity index (χ2v) is 10.5. The fourth-order valence-electron chi connectivity index (χ4n) is 4.40. The summed E-state index contributed by atoms with van der Waals surface area (Å²) in [5.41, 5.74) is 2.24. The molecule has 0 radical (unpaired) electrons. The molecule has 0 spiro atoms. The summed E-state index contributed by atoms with van der Waals surface area (Å²) in [6.07, 6.45) is 2.17. The first-order valence-electron chi connectivity index (χ1n) is 11.5. The van der Waals surface area contributed by atoms with Gasteiger partial charge in [-0.25, -0.2) is 13.1 Å². The smallest absolute Gasteiger partial charge is 0.243 e. The normalized spacial score (nSPS) is 18.3. The lowest BCUT2D eigenvalue weighted by Gasteiger charge is -2.31. The SMILES string of the molecule is CCCn1nnc2cc(S(=O)(=O)N3CCC[C@H](C(=O)NCc4ccc5c(c4)OCO5)C3)ccc21. The van der Waals surface area contributed by atoms with Crippen LogP contribution in [-0.2, 0) is 27.9 Å². The van der Waals surface area contributed by atoms with Gasteiger partial charge in [-0.2, -0.15) is 4.31 Å². The Bertz CT molecular complexity index is 1320. The van der Waals surface area contributed by atoms with Gasteiger partial charge in [0.25, 0.3) is 0 Å². The van der Waals surface area contributed by atoms with Crippen molar-refractivity contribution in [2.45, 2.75) is 44.2 Å². The van der Waals surface area contributed by atoms with Gasteiger partial charge >= 0.3 is 0 Å². The minimum absolute atomic E-state index is 0.149. The topological polar surface area (TPSA) is 116 Å². The molecule has 10 nitrogen and oxygen atoms in total. The Morgan fingerprint density at radius 3 is 2.88 bits per heavy atom. The third kappa shape index (κ3) is 4.32. The molecule has 3 aromatic rings. The Hall–Kier alpha value is -3.18. The lowest BCUT2D eigenvalue weighted by atomic mass is 9.98. The van der Waals surface area contributed by atoms with Gasteiger partial charge in [-0.1, -0.05) is 18.2 Å². The van der Waals surface area contributed by atoms with E-state index in [0.717, 1.165) is 24.0 Å². The first kappa shape index (κ1) is 22.6. The Morgan fingerprint density at radius 2 is 2.03 bits per heavy atom. The Balaban J connectivity index is 1.25. The minimum atomic E-state index is -3.75. The number of amides is 1. The molecule has 5 rings (SSSR count). The molecule has 0 aliphatic carbocycles. The van der Waals surface area contributed by atoms with Crippen LogP contribution in [0.4, 0.5) is 0 Å². The zero-order chi connectivity index (χ0) is 23.7. The van der Waals surface area contributed by atoms with Gasteiger partial charge in [0.05, 0.1) is 16.3 Å². The molecule has 2 aliphatic rings. The third-order valence-electron chi connectivity index (χ3n) is 6.22. The van der Waals surface area contributed by atoms with Crippen LogP contribution < -0.4 is 14.8 Å². The van der Waals surface area contributed by atoms with E-state index in [1.165, 1.54) is 4.31 Å². The van der Waals surface area contributed by atoms with Gasteiger partial charge in [0.15, 0.2) is 11.5 Å². The summed E-state index contributed by atoms with van der Waals surface area (Å²) in [4.78, 5) is 13.0. The predicted octanol–water partition coefficient (Wildman–Crippen LogP) is 2.29. The first-order chi connectivity index (χ1) is 16.5. The number of ether oxygens (including phenoxy) is 2. The minimum Gasteiger partial charge on any atom is -0.454 e. The lowest BCUT2D eigenvalue weighted by Crippen LogP contribution is -2.45. The molecule has 0 unspecified atom stereocenters. The largest absolute Gasteiger partial charge is 0.454 e. The van der Waals surface area contributed by atoms with Crippen molar-refractivity contribution >= 4 is 27.0 Å². The number of nitrogens with one attached hydrogen (secondary N) is 1. The highest BCUT2D eigenvalue weighted by atomic mass is 32.2. The fraction of sp³-hybridized carbons (Fsp3) is 0.435. The number of aryl methyl sites for hydroxylation is 1. The number of rotatable bonds is 7. The maximum absolute atomic E-state index is 13.3. The van der Waals surface area contributed by atoms with Crippen LogP contribution in [-0.4, -0.2) is 53.5 Å². The highest BCUT2D eigenvalue weighted by Gasteiger charge is 2.33. The van der Waals surface area contributed by atoms with Crippen LogP contribution in [0.1, 0.15) is 31.7 Å². The molecule has 3 heterocycles. The second-order valence-electron chi connectivity index (χ2n) is 8.57. The third-order valence-corrected chi connectivity index (χ3v) is 8.08. The molecule has 180 valence electrons. The van der Waals surface area contributed by atoms with Crippen LogP contribution in [0.3, 0.4) is 0 Å². The fourth-order valence-corrected chi connectivity index (χ4v) is 5.94. The standard InChI is InChI=1S/C23H27N5O5S/c1-2-9-28-20-7-6-18(12-19(20)25-26-28)34(30,31)27-10-3-4-17(14-27)23(29)24-13-16-5-8-21-22(11-16)33-15-32-21/h5-8,11-12,17H,2-4,9-10,13-15H2,1H3,(H,24,29)/t17-/m0/s1. The number of hydrogen-bond acceptors (Lipinski definition) is 7. The highest BCUT2D eigenvalue weighted by molar-refractivity contribution is 7.89. The van der Waals surface area contributed by atoms with Gasteiger partial charge in [-0.15, -0.1) is 5.10 Å². The number of carbonyl (C=O) groups excluding carboxylic acids is 1. The Morgan fingerprint density at radius 1 is 1.18 bits per heavy atom. The molecule has 1 amide bonds. The number of benzene rings is 2. The zero-order valence-corrected chi connectivity index (χ0v) is 19.8. The quantitative estimate of drug-likeness (QED) is 0.546. The predicted molar refractivity (Wildman–Crippen MR) is 124 cm³/mol. The van der Waals surface area contributed by atoms with Crippen molar-refractivity contribution in [1.29, 1.82) is 0 Å². The Labute approximate surface area is 197 Å². The molecule has 2 aliphatic heterocycles. The van der Waals surface area contributed by atoms with E-state index in [0.29, 0.717) is 42.9 Å². The van der Waals surface area contributed by atoms with Crippen LogP contribution in [0.5, 0.6) is 11.5 Å². The number of carbonyl (C=O) groups is 1. The van der Waals surface area contributed by atoms with Crippen molar-refractivity contribution in [3.63, 3.8) is 0 Å². The lowest BCUT2D eigenvalue weighted by molar-refractivity contribution is -0.126. The first-order valence-corrected chi connectivity index (χ1v) is 12.9. The summed E-state index contributed by atoms with van der Waals surface area (Å²) in [5.74, 6) is 0.782. The average Bonchev–Trinajstić information content (AvgIpc) is 3.49. The van der Waals surface area contributed by atoms with E-state index < -0.39 is 15.9 Å². The van der Waals surface area contributed by atoms with Crippen molar-refractivity contribution in [1.82, 2.24) is 24.6 Å². The summed E-state index contributed by atoms with van der Waals surface area (Å²) in [7, 11) is -3.75. The molecule has 1 fully saturated rings. The maximum atomic E-state index is 13.3. The number of hydrogen-bond donors (Lipinski definition) is 1. The van der Waals surface area contributed by atoms with E-state index in [2.05, 4.69) is 15.6 Å². The number of aromatic nitrogens is 3. The van der Waals surface area contributed by atoms with Gasteiger partial charge in [-0.05, 0) is 55.2 Å². The van der Waals surface area contributed by atoms with Crippen molar-refractivity contribution in [2.75, 3.05) is 19.9 Å². The molecule has 1 saturated heterocycles. The van der Waals surface area contributed by atoms with Crippen molar-refractivity contribution in [3.8, 4) is 11.5 Å². The monoisotopic (exact) mass is 485 g/mol. The molecule has 2 aromatic carbocycles. The molecule has 1 N–H and O–H groups in total. The molecule has 34 heavy (non-hydrogen) atoms. The summed E-state index contributed by atoms with van der Waals surface area (Å²) in [5, 5.41) is 11.2. The van der Waals surface area contributed by atoms with E-state index >= 15 is 0 Å². The number of nitrogens with zero attached hydrogens (tertiary/aromatic N) is 4. The molecule has 11 heteroatoms. The maximum Gasteiger partial charge on any atom is 0.243 e. The molecular formula is C23H27N5O5S. The van der Waals surface area contributed by atoms with E-state index in [4.69, 9.17) is 9.47 Å². The molecule has 1 aromatic heterocycles. The van der Waals surface area contributed by atoms with Gasteiger partial charge < -0.3 is 14.8 Å². The van der Waals surface area contributed by atoms with Crippen LogP contribution in [0.25, 0.3) is 11.0 Å². The summed E-state index contributed by atoms with van der Waals surface area (Å²) < 4.78 is 40.5. The van der Waals surface area contributed by atoms with Crippen LogP contribution in [0, 0.1) is 5.92 Å². The number of piperidine rings is 1. The van der Waals surface area contributed by atoms with Gasteiger partial charge in [-0.3, -0.25) is 4.79 Å². The van der Waals surface area contributed by atoms with Crippen LogP contribution >= 0.6 is 0 Å². The summed E-state index contributed by atoms with van der Waals surface area (Å²) in [6, 6.07) is 10.4. The molecule has 0 saturated carbocycles. The molecule has 0 bridgehead atoms.